The molecule has 0 fully saturated rings. The number of aryl methyl sites for hydroxylation is 1. The normalized spacial score (nSPS) is 11.7. The minimum Gasteiger partial charge on any atom is -0.467 e. The monoisotopic (exact) mass is 287 g/mol. The van der Waals surface area contributed by atoms with Gasteiger partial charge in [-0.1, -0.05) is 17.7 Å². The molecule has 2 aromatic rings. The maximum absolute atomic E-state index is 11.8. The summed E-state index contributed by atoms with van der Waals surface area (Å²) in [5.74, 6) is -0.243. The molecule has 2 rings (SSSR count). The number of amides is 1. The Morgan fingerprint density at radius 3 is 2.76 bits per heavy atom. The van der Waals surface area contributed by atoms with Crippen molar-refractivity contribution in [3.63, 3.8) is 0 Å². The second-order valence-corrected chi connectivity index (χ2v) is 4.75. The van der Waals surface area contributed by atoms with E-state index in [0.29, 0.717) is 11.3 Å². The molecule has 1 aromatic carbocycles. The van der Waals surface area contributed by atoms with Crippen molar-refractivity contribution in [3.05, 3.63) is 59.5 Å². The Kier molecular flexibility index (Phi) is 4.77. The highest BCUT2D eigenvalue weighted by Crippen LogP contribution is 2.12. The molecular formula is C16H17NO4. The summed E-state index contributed by atoms with van der Waals surface area (Å²) >= 11 is 0. The predicted octanol–water partition coefficient (Wildman–Crippen LogP) is 2.62. The Morgan fingerprint density at radius 1 is 1.29 bits per heavy atom. The van der Waals surface area contributed by atoms with Crippen molar-refractivity contribution in [3.8, 4) is 0 Å². The summed E-state index contributed by atoms with van der Waals surface area (Å²) < 4.78 is 10.2. The summed E-state index contributed by atoms with van der Waals surface area (Å²) in [7, 11) is 0. The molecule has 0 unspecified atom stereocenters. The van der Waals surface area contributed by atoms with Gasteiger partial charge in [-0.05, 0) is 38.1 Å². The van der Waals surface area contributed by atoms with E-state index >= 15 is 0 Å². The van der Waals surface area contributed by atoms with Crippen LogP contribution in [0.3, 0.4) is 0 Å². The second kappa shape index (κ2) is 6.74. The number of benzene rings is 1. The van der Waals surface area contributed by atoms with Gasteiger partial charge in [-0.25, -0.2) is 4.79 Å². The highest BCUT2D eigenvalue weighted by molar-refractivity contribution is 5.91. The number of rotatable bonds is 5. The van der Waals surface area contributed by atoms with Gasteiger partial charge < -0.3 is 14.5 Å². The molecule has 0 aliphatic carbocycles. The van der Waals surface area contributed by atoms with Gasteiger partial charge in [0, 0.05) is 0 Å². The van der Waals surface area contributed by atoms with Gasteiger partial charge >= 0.3 is 5.97 Å². The number of hydrogen-bond acceptors (Lipinski definition) is 4. The van der Waals surface area contributed by atoms with Crippen LogP contribution in [0.25, 0.3) is 0 Å². The zero-order chi connectivity index (χ0) is 15.2. The molecule has 1 aromatic heterocycles. The van der Waals surface area contributed by atoms with E-state index in [0.717, 1.165) is 5.56 Å². The lowest BCUT2D eigenvalue weighted by Gasteiger charge is -2.11. The zero-order valence-corrected chi connectivity index (χ0v) is 12.0. The Hall–Kier alpha value is -2.56. The van der Waals surface area contributed by atoms with Crippen LogP contribution < -0.4 is 5.32 Å². The van der Waals surface area contributed by atoms with E-state index in [9.17, 15) is 9.59 Å². The molecule has 5 nitrogen and oxygen atoms in total. The highest BCUT2D eigenvalue weighted by Gasteiger charge is 2.14. The fourth-order valence-electron chi connectivity index (χ4n) is 1.88. The summed E-state index contributed by atoms with van der Waals surface area (Å²) in [5, 5.41) is 2.69. The molecule has 110 valence electrons. The molecule has 5 heteroatoms. The van der Waals surface area contributed by atoms with E-state index in [2.05, 4.69) is 5.32 Å². The largest absolute Gasteiger partial charge is 0.467 e. The molecule has 0 saturated carbocycles. The minimum atomic E-state index is -0.514. The lowest BCUT2D eigenvalue weighted by Crippen LogP contribution is -2.31. The SMILES string of the molecule is Cc1cccc(C(=O)OCC(=O)N[C@@H](C)c2ccco2)c1. The van der Waals surface area contributed by atoms with E-state index in [1.165, 1.54) is 6.26 Å². The fraction of sp³-hybridized carbons (Fsp3) is 0.250. The van der Waals surface area contributed by atoms with Gasteiger partial charge in [0.05, 0.1) is 17.9 Å². The number of nitrogens with one attached hydrogen (secondary N) is 1. The molecule has 1 atom stereocenters. The number of esters is 1. The number of carbonyl (C=O) groups excluding carboxylic acids is 2. The lowest BCUT2D eigenvalue weighted by molar-refractivity contribution is -0.125. The quantitative estimate of drug-likeness (QED) is 0.858. The molecule has 1 heterocycles. The highest BCUT2D eigenvalue weighted by atomic mass is 16.5. The third-order valence-corrected chi connectivity index (χ3v) is 2.94. The van der Waals surface area contributed by atoms with Crippen LogP contribution in [0.1, 0.15) is 34.6 Å². The molecule has 0 spiro atoms. The molecule has 0 radical (unpaired) electrons. The van der Waals surface area contributed by atoms with E-state index in [-0.39, 0.29) is 18.6 Å². The number of carbonyl (C=O) groups is 2. The van der Waals surface area contributed by atoms with Crippen LogP contribution in [0.4, 0.5) is 0 Å². The van der Waals surface area contributed by atoms with Crippen molar-refractivity contribution < 1.29 is 18.7 Å². The maximum Gasteiger partial charge on any atom is 0.338 e. The van der Waals surface area contributed by atoms with Crippen molar-refractivity contribution in [2.24, 2.45) is 0 Å². The average molecular weight is 287 g/mol. The summed E-state index contributed by atoms with van der Waals surface area (Å²) in [4.78, 5) is 23.5. The minimum absolute atomic E-state index is 0.273. The van der Waals surface area contributed by atoms with Crippen molar-refractivity contribution in [1.82, 2.24) is 5.32 Å². The molecule has 0 bridgehead atoms. The van der Waals surface area contributed by atoms with Gasteiger partial charge in [0.15, 0.2) is 6.61 Å². The van der Waals surface area contributed by atoms with Gasteiger partial charge in [0.1, 0.15) is 5.76 Å². The molecular weight excluding hydrogens is 270 g/mol. The van der Waals surface area contributed by atoms with Crippen LogP contribution in [0, 0.1) is 6.92 Å². The average Bonchev–Trinajstić information content (AvgIpc) is 2.99. The summed E-state index contributed by atoms with van der Waals surface area (Å²) in [6.07, 6.45) is 1.54. The first-order valence-corrected chi connectivity index (χ1v) is 6.63. The first kappa shape index (κ1) is 14.8. The van der Waals surface area contributed by atoms with Crippen molar-refractivity contribution in [2.45, 2.75) is 19.9 Å². The third-order valence-electron chi connectivity index (χ3n) is 2.94. The zero-order valence-electron chi connectivity index (χ0n) is 12.0. The maximum atomic E-state index is 11.8. The molecule has 21 heavy (non-hydrogen) atoms. The van der Waals surface area contributed by atoms with Crippen molar-refractivity contribution in [2.75, 3.05) is 6.61 Å². The Morgan fingerprint density at radius 2 is 2.10 bits per heavy atom. The Bertz CT molecular complexity index is 619. The van der Waals surface area contributed by atoms with E-state index in [1.54, 1.807) is 37.3 Å². The third kappa shape index (κ3) is 4.21. The Labute approximate surface area is 122 Å². The van der Waals surface area contributed by atoms with Crippen LogP contribution in [0.2, 0.25) is 0 Å². The van der Waals surface area contributed by atoms with Gasteiger partial charge in [-0.2, -0.15) is 0 Å². The summed E-state index contributed by atoms with van der Waals surface area (Å²) in [6, 6.07) is 10.3. The second-order valence-electron chi connectivity index (χ2n) is 4.75. The number of hydrogen-bond donors (Lipinski definition) is 1. The van der Waals surface area contributed by atoms with Crippen molar-refractivity contribution >= 4 is 11.9 Å². The van der Waals surface area contributed by atoms with Gasteiger partial charge in [0.25, 0.3) is 5.91 Å². The summed E-state index contributed by atoms with van der Waals surface area (Å²) in [5.41, 5.74) is 1.39. The molecule has 1 N–H and O–H groups in total. The molecule has 0 saturated heterocycles. The molecule has 0 aliphatic heterocycles. The lowest BCUT2D eigenvalue weighted by atomic mass is 10.1. The van der Waals surface area contributed by atoms with Crippen molar-refractivity contribution in [1.29, 1.82) is 0 Å². The predicted molar refractivity (Wildman–Crippen MR) is 76.7 cm³/mol. The number of furan rings is 1. The first-order valence-electron chi connectivity index (χ1n) is 6.63. The Balaban J connectivity index is 1.82. The van der Waals surface area contributed by atoms with Crippen LogP contribution in [0.15, 0.2) is 47.1 Å². The molecule has 1 amide bonds. The first-order chi connectivity index (χ1) is 10.1. The van der Waals surface area contributed by atoms with Gasteiger partial charge in [-0.3, -0.25) is 4.79 Å². The van der Waals surface area contributed by atoms with Gasteiger partial charge in [0.2, 0.25) is 0 Å². The van der Waals surface area contributed by atoms with E-state index in [4.69, 9.17) is 9.15 Å². The van der Waals surface area contributed by atoms with Crippen LogP contribution in [-0.2, 0) is 9.53 Å². The smallest absolute Gasteiger partial charge is 0.338 e. The van der Waals surface area contributed by atoms with E-state index < -0.39 is 5.97 Å². The topological polar surface area (TPSA) is 68.5 Å². The van der Waals surface area contributed by atoms with Crippen LogP contribution in [-0.4, -0.2) is 18.5 Å². The number of ether oxygens (including phenoxy) is 1. The fourth-order valence-corrected chi connectivity index (χ4v) is 1.88. The summed E-state index contributed by atoms with van der Waals surface area (Å²) in [6.45, 7) is 3.35. The standard InChI is InChI=1S/C16H17NO4/c1-11-5-3-6-13(9-11)16(19)21-10-15(18)17-12(2)14-7-4-8-20-14/h3-9,12H,10H2,1-2H3,(H,17,18)/t12-/m0/s1. The molecule has 0 aliphatic rings. The van der Waals surface area contributed by atoms with E-state index in [1.807, 2.05) is 13.0 Å². The van der Waals surface area contributed by atoms with Crippen LogP contribution >= 0.6 is 0 Å². The van der Waals surface area contributed by atoms with Gasteiger partial charge in [-0.15, -0.1) is 0 Å². The van der Waals surface area contributed by atoms with Crippen LogP contribution in [0.5, 0.6) is 0 Å².